The summed E-state index contributed by atoms with van der Waals surface area (Å²) in [5.41, 5.74) is 0. The zero-order valence-electron chi connectivity index (χ0n) is 21.5. The van der Waals surface area contributed by atoms with Gasteiger partial charge in [0.1, 0.15) is 6.61 Å². The highest BCUT2D eigenvalue weighted by atomic mass is 16.5. The van der Waals surface area contributed by atoms with Crippen molar-refractivity contribution in [3.63, 3.8) is 0 Å². The fraction of sp³-hybridized carbons (Fsp3) is 0.808. The second-order valence-corrected chi connectivity index (χ2v) is 8.64. The van der Waals surface area contributed by atoms with Crippen LogP contribution < -0.4 is 6.15 Å². The molecule has 0 aromatic carbocycles. The molecule has 0 aromatic rings. The molecule has 34 heavy (non-hydrogen) atoms. The van der Waals surface area contributed by atoms with E-state index in [0.717, 1.165) is 25.3 Å². The summed E-state index contributed by atoms with van der Waals surface area (Å²) in [7, 11) is 0. The molecule has 0 radical (unpaired) electrons. The fourth-order valence-electron chi connectivity index (χ4n) is 3.73. The molecule has 0 aliphatic heterocycles. The number of ether oxygens (including phenoxy) is 1. The zero-order valence-corrected chi connectivity index (χ0v) is 21.5. The fourth-order valence-corrected chi connectivity index (χ4v) is 3.73. The van der Waals surface area contributed by atoms with Crippen LogP contribution in [0.4, 0.5) is 0 Å². The molecule has 0 bridgehead atoms. The molecule has 0 saturated carbocycles. The smallest absolute Gasteiger partial charge is 0.331 e. The van der Waals surface area contributed by atoms with Crippen LogP contribution in [-0.4, -0.2) is 59.3 Å². The summed E-state index contributed by atoms with van der Waals surface area (Å²) < 4.78 is 4.89. The largest absolute Gasteiger partial charge is 0.478 e. The van der Waals surface area contributed by atoms with E-state index in [1.54, 1.807) is 0 Å². The van der Waals surface area contributed by atoms with Gasteiger partial charge in [0.25, 0.3) is 0 Å². The minimum Gasteiger partial charge on any atom is -0.478 e. The maximum Gasteiger partial charge on any atom is 0.331 e. The van der Waals surface area contributed by atoms with Crippen LogP contribution in [-0.2, 0) is 19.1 Å². The Labute approximate surface area is 206 Å². The first-order chi connectivity index (χ1) is 16.0. The van der Waals surface area contributed by atoms with Crippen LogP contribution in [0.2, 0.25) is 0 Å². The van der Waals surface area contributed by atoms with Gasteiger partial charge in [0.05, 0.1) is 13.2 Å². The lowest BCUT2D eigenvalue weighted by atomic mass is 10.0. The van der Waals surface area contributed by atoms with Crippen LogP contribution in [0.1, 0.15) is 110 Å². The summed E-state index contributed by atoms with van der Waals surface area (Å²) in [5.74, 6) is -2.06. The first kappa shape index (κ1) is 34.2. The molecule has 0 atom stereocenters. The van der Waals surface area contributed by atoms with Gasteiger partial charge in [-0.3, -0.25) is 4.79 Å². The maximum atomic E-state index is 12.3. The molecule has 0 spiro atoms. The number of hydrogen-bond donors (Lipinski definition) is 3. The number of aliphatic carboxylic acids is 1. The monoisotopic (exact) mass is 486 g/mol. The van der Waals surface area contributed by atoms with Crippen LogP contribution in [0.15, 0.2) is 12.2 Å². The van der Waals surface area contributed by atoms with Gasteiger partial charge in [-0.1, -0.05) is 96.8 Å². The molecule has 0 fully saturated rings. The topological polar surface area (TPSA) is 139 Å². The average Bonchev–Trinajstić information content (AvgIpc) is 2.79. The van der Waals surface area contributed by atoms with Crippen molar-refractivity contribution in [3.05, 3.63) is 12.2 Å². The van der Waals surface area contributed by atoms with E-state index in [4.69, 9.17) is 14.9 Å². The van der Waals surface area contributed by atoms with Crippen LogP contribution in [0.3, 0.4) is 0 Å². The van der Waals surface area contributed by atoms with Gasteiger partial charge in [0.2, 0.25) is 5.91 Å². The number of carboxylic acids is 1. The van der Waals surface area contributed by atoms with Crippen molar-refractivity contribution in [1.82, 2.24) is 11.1 Å². The van der Waals surface area contributed by atoms with Gasteiger partial charge in [-0.15, -0.1) is 0 Å². The number of carbonyl (C=O) groups excluding carboxylic acids is 2. The number of nitrogens with zero attached hydrogens (tertiary/aromatic N) is 1. The van der Waals surface area contributed by atoms with Crippen molar-refractivity contribution in [1.29, 1.82) is 0 Å². The highest BCUT2D eigenvalue weighted by molar-refractivity contribution is 5.90. The third kappa shape index (κ3) is 23.2. The molecule has 5 N–H and O–H groups in total. The van der Waals surface area contributed by atoms with E-state index in [2.05, 4.69) is 6.92 Å². The third-order valence-electron chi connectivity index (χ3n) is 5.68. The number of aliphatic hydroxyl groups is 1. The number of unbranched alkanes of at least 4 members (excludes halogenated alkanes) is 14. The van der Waals surface area contributed by atoms with E-state index in [0.29, 0.717) is 12.5 Å². The van der Waals surface area contributed by atoms with Crippen LogP contribution in [0.25, 0.3) is 0 Å². The Balaban J connectivity index is 0. The Morgan fingerprint density at radius 1 is 0.735 bits per heavy atom. The average molecular weight is 487 g/mol. The van der Waals surface area contributed by atoms with Gasteiger partial charge in [0, 0.05) is 25.1 Å². The highest BCUT2D eigenvalue weighted by Gasteiger charge is 2.13. The predicted molar refractivity (Wildman–Crippen MR) is 136 cm³/mol. The molecule has 0 unspecified atom stereocenters. The van der Waals surface area contributed by atoms with Gasteiger partial charge >= 0.3 is 11.9 Å². The molecule has 0 saturated heterocycles. The van der Waals surface area contributed by atoms with Crippen molar-refractivity contribution in [2.24, 2.45) is 0 Å². The Bertz CT molecular complexity index is 539. The number of hydrogen-bond acceptors (Lipinski definition) is 6. The van der Waals surface area contributed by atoms with E-state index in [9.17, 15) is 14.4 Å². The first-order valence-corrected chi connectivity index (χ1v) is 13.0. The Kier molecular flexibility index (Phi) is 25.9. The molecule has 0 rings (SSSR count). The SMILES string of the molecule is CCCCCCCCCCCCCCCCCC(=O)N(CCO)CCOC(=O)/C=C/C(=O)O.N. The van der Waals surface area contributed by atoms with Crippen molar-refractivity contribution < 1.29 is 29.3 Å². The number of rotatable bonds is 23. The molecule has 0 aliphatic rings. The summed E-state index contributed by atoms with van der Waals surface area (Å²) >= 11 is 0. The number of carbonyl (C=O) groups is 3. The van der Waals surface area contributed by atoms with Crippen molar-refractivity contribution in [2.75, 3.05) is 26.3 Å². The van der Waals surface area contributed by atoms with E-state index >= 15 is 0 Å². The van der Waals surface area contributed by atoms with E-state index < -0.39 is 11.9 Å². The molecular formula is C26H50N2O6. The minimum atomic E-state index is -1.23. The molecule has 8 nitrogen and oxygen atoms in total. The Morgan fingerprint density at radius 2 is 1.21 bits per heavy atom. The predicted octanol–water partition coefficient (Wildman–Crippen LogP) is 5.41. The van der Waals surface area contributed by atoms with Crippen LogP contribution in [0, 0.1) is 0 Å². The number of esters is 1. The summed E-state index contributed by atoms with van der Waals surface area (Å²) in [6.07, 6.45) is 21.0. The molecule has 8 heteroatoms. The van der Waals surface area contributed by atoms with Crippen molar-refractivity contribution >= 4 is 17.8 Å². The lowest BCUT2D eigenvalue weighted by Gasteiger charge is -2.21. The van der Waals surface area contributed by atoms with Gasteiger partial charge in [-0.2, -0.15) is 0 Å². The van der Waals surface area contributed by atoms with E-state index in [1.807, 2.05) is 0 Å². The molecule has 0 aliphatic carbocycles. The summed E-state index contributed by atoms with van der Waals surface area (Å²) in [6, 6.07) is 0. The highest BCUT2D eigenvalue weighted by Crippen LogP contribution is 2.14. The van der Waals surface area contributed by atoms with Crippen LogP contribution >= 0.6 is 0 Å². The second-order valence-electron chi connectivity index (χ2n) is 8.64. The number of amides is 1. The van der Waals surface area contributed by atoms with Crippen molar-refractivity contribution in [2.45, 2.75) is 110 Å². The van der Waals surface area contributed by atoms with E-state index in [1.165, 1.54) is 81.9 Å². The first-order valence-electron chi connectivity index (χ1n) is 13.0. The standard InChI is InChI=1S/C26H47NO6.H3N/c1-2-3-4-5-6-7-8-9-10-11-12-13-14-15-16-17-24(29)27(20-22-28)21-23-33-26(32)19-18-25(30)31;/h18-19,28H,2-17,20-23H2,1H3,(H,30,31);1H3/b19-18+;. The van der Waals surface area contributed by atoms with Gasteiger partial charge in [-0.05, 0) is 6.42 Å². The molecule has 0 heterocycles. The summed E-state index contributed by atoms with van der Waals surface area (Å²) in [6.45, 7) is 2.44. The Hall–Kier alpha value is -1.93. The van der Waals surface area contributed by atoms with Gasteiger partial charge in [-0.25, -0.2) is 9.59 Å². The van der Waals surface area contributed by atoms with E-state index in [-0.39, 0.29) is 38.4 Å². The molecular weight excluding hydrogens is 436 g/mol. The Morgan fingerprint density at radius 3 is 1.65 bits per heavy atom. The third-order valence-corrected chi connectivity index (χ3v) is 5.68. The molecule has 200 valence electrons. The quantitative estimate of drug-likeness (QED) is 0.0995. The van der Waals surface area contributed by atoms with Crippen molar-refractivity contribution in [3.8, 4) is 0 Å². The second kappa shape index (κ2) is 25.7. The lowest BCUT2D eigenvalue weighted by molar-refractivity contribution is -0.141. The van der Waals surface area contributed by atoms with Gasteiger partial charge < -0.3 is 26.0 Å². The summed E-state index contributed by atoms with van der Waals surface area (Å²) in [5, 5.41) is 17.6. The molecule has 1 amide bonds. The lowest BCUT2D eigenvalue weighted by Crippen LogP contribution is -2.36. The summed E-state index contributed by atoms with van der Waals surface area (Å²) in [4.78, 5) is 35.6. The molecule has 0 aromatic heterocycles. The van der Waals surface area contributed by atoms with Gasteiger partial charge in [0.15, 0.2) is 0 Å². The normalized spacial score (nSPS) is 10.8. The number of carboxylic acid groups (broad SMARTS) is 1. The zero-order chi connectivity index (χ0) is 24.6. The maximum absolute atomic E-state index is 12.3. The number of aliphatic hydroxyl groups excluding tert-OH is 1. The minimum absolute atomic E-state index is 0. The van der Waals surface area contributed by atoms with Crippen LogP contribution in [0.5, 0.6) is 0 Å².